The highest BCUT2D eigenvalue weighted by Gasteiger charge is 2.18. The summed E-state index contributed by atoms with van der Waals surface area (Å²) in [5, 5.41) is 21.1. The summed E-state index contributed by atoms with van der Waals surface area (Å²) >= 11 is 0. The molecule has 0 aliphatic carbocycles. The third kappa shape index (κ3) is 4.00. The second-order valence-corrected chi connectivity index (χ2v) is 3.64. The lowest BCUT2D eigenvalue weighted by molar-refractivity contribution is -0.139. The summed E-state index contributed by atoms with van der Waals surface area (Å²) in [6, 6.07) is -0.707. The first-order valence-electron chi connectivity index (χ1n) is 5.25. The Kier molecular flexibility index (Phi) is 4.94. The van der Waals surface area contributed by atoms with Gasteiger partial charge < -0.3 is 20.5 Å². The van der Waals surface area contributed by atoms with Crippen molar-refractivity contribution in [2.45, 2.75) is 31.9 Å². The van der Waals surface area contributed by atoms with E-state index in [0.29, 0.717) is 12.8 Å². The fourth-order valence-corrected chi connectivity index (χ4v) is 1.29. The number of imidazole rings is 1. The second kappa shape index (κ2) is 6.24. The number of aromatic nitrogens is 2. The maximum atomic E-state index is 10.9. The molecule has 0 radical (unpaired) electrons. The molecule has 0 spiro atoms. The molecule has 0 saturated heterocycles. The van der Waals surface area contributed by atoms with Crippen LogP contribution in [0.5, 0.6) is 0 Å². The number of rotatable bonds is 7. The molecule has 2 atom stereocenters. The van der Waals surface area contributed by atoms with Crippen LogP contribution in [0.1, 0.15) is 19.0 Å². The molecule has 0 fully saturated rings. The lowest BCUT2D eigenvalue weighted by atomic mass is 10.1. The Morgan fingerprint density at radius 2 is 2.44 bits per heavy atom. The molecular formula is C10H17N3O3. The van der Waals surface area contributed by atoms with Crippen LogP contribution in [-0.2, 0) is 11.2 Å². The number of carboxylic acids is 1. The molecule has 1 aromatic rings. The molecule has 0 amide bonds. The molecular weight excluding hydrogens is 210 g/mol. The zero-order chi connectivity index (χ0) is 12.0. The van der Waals surface area contributed by atoms with Crippen LogP contribution in [0.3, 0.4) is 0 Å². The number of nitrogens with zero attached hydrogens (tertiary/aromatic N) is 1. The van der Waals surface area contributed by atoms with Crippen molar-refractivity contribution in [3.63, 3.8) is 0 Å². The minimum atomic E-state index is -0.932. The molecule has 90 valence electrons. The highest BCUT2D eigenvalue weighted by atomic mass is 16.4. The smallest absolute Gasteiger partial charge is 0.321 e. The SMILES string of the molecule is CCC(O)CNC(Cc1cnc[nH]1)C(=O)O. The maximum absolute atomic E-state index is 10.9. The Hall–Kier alpha value is -1.40. The van der Waals surface area contributed by atoms with Crippen molar-refractivity contribution in [1.29, 1.82) is 0 Å². The molecule has 0 saturated carbocycles. The van der Waals surface area contributed by atoms with Gasteiger partial charge >= 0.3 is 5.97 Å². The van der Waals surface area contributed by atoms with Crippen molar-refractivity contribution >= 4 is 5.97 Å². The number of nitrogens with one attached hydrogen (secondary N) is 2. The van der Waals surface area contributed by atoms with Crippen LogP contribution in [0.4, 0.5) is 0 Å². The molecule has 4 N–H and O–H groups in total. The fourth-order valence-electron chi connectivity index (χ4n) is 1.29. The summed E-state index contributed by atoms with van der Waals surface area (Å²) in [6.07, 6.45) is 3.52. The third-order valence-electron chi connectivity index (χ3n) is 2.35. The number of aliphatic hydroxyl groups excluding tert-OH is 1. The van der Waals surface area contributed by atoms with Gasteiger partial charge in [0.25, 0.3) is 0 Å². The van der Waals surface area contributed by atoms with Gasteiger partial charge in [-0.1, -0.05) is 6.92 Å². The van der Waals surface area contributed by atoms with Gasteiger partial charge in [0.05, 0.1) is 12.4 Å². The number of hydrogen-bond acceptors (Lipinski definition) is 4. The van der Waals surface area contributed by atoms with E-state index in [-0.39, 0.29) is 6.54 Å². The van der Waals surface area contributed by atoms with E-state index in [1.165, 1.54) is 6.33 Å². The fraction of sp³-hybridized carbons (Fsp3) is 0.600. The van der Waals surface area contributed by atoms with Gasteiger partial charge in [-0.3, -0.25) is 4.79 Å². The van der Waals surface area contributed by atoms with Crippen molar-refractivity contribution in [3.8, 4) is 0 Å². The molecule has 0 aliphatic rings. The number of H-pyrrole nitrogens is 1. The maximum Gasteiger partial charge on any atom is 0.321 e. The van der Waals surface area contributed by atoms with Crippen molar-refractivity contribution in [1.82, 2.24) is 15.3 Å². The van der Waals surface area contributed by atoms with Gasteiger partial charge in [-0.2, -0.15) is 0 Å². The Labute approximate surface area is 93.7 Å². The predicted octanol–water partition coefficient (Wildman–Crippen LogP) is -0.234. The zero-order valence-corrected chi connectivity index (χ0v) is 9.18. The van der Waals surface area contributed by atoms with Crippen molar-refractivity contribution in [3.05, 3.63) is 18.2 Å². The second-order valence-electron chi connectivity index (χ2n) is 3.64. The highest BCUT2D eigenvalue weighted by Crippen LogP contribution is 1.99. The highest BCUT2D eigenvalue weighted by molar-refractivity contribution is 5.73. The first kappa shape index (κ1) is 12.7. The van der Waals surface area contributed by atoms with Gasteiger partial charge in [-0.25, -0.2) is 4.98 Å². The molecule has 6 nitrogen and oxygen atoms in total. The van der Waals surface area contributed by atoms with Gasteiger partial charge in [-0.15, -0.1) is 0 Å². The Balaban J connectivity index is 2.45. The van der Waals surface area contributed by atoms with E-state index in [4.69, 9.17) is 5.11 Å². The average Bonchev–Trinajstić information content (AvgIpc) is 2.75. The first-order valence-corrected chi connectivity index (χ1v) is 5.25. The van der Waals surface area contributed by atoms with Crippen LogP contribution >= 0.6 is 0 Å². The molecule has 16 heavy (non-hydrogen) atoms. The van der Waals surface area contributed by atoms with E-state index in [1.807, 2.05) is 6.92 Å². The quantitative estimate of drug-likeness (QED) is 0.515. The summed E-state index contributed by atoms with van der Waals surface area (Å²) in [6.45, 7) is 2.12. The number of hydrogen-bond donors (Lipinski definition) is 4. The van der Waals surface area contributed by atoms with Crippen LogP contribution in [0.2, 0.25) is 0 Å². The van der Waals surface area contributed by atoms with E-state index < -0.39 is 18.1 Å². The molecule has 1 aromatic heterocycles. The molecule has 1 rings (SSSR count). The van der Waals surface area contributed by atoms with Crippen molar-refractivity contribution in [2.75, 3.05) is 6.54 Å². The minimum absolute atomic E-state index is 0.279. The zero-order valence-electron chi connectivity index (χ0n) is 9.18. The van der Waals surface area contributed by atoms with E-state index in [2.05, 4.69) is 15.3 Å². The number of aliphatic hydroxyl groups is 1. The predicted molar refractivity (Wildman–Crippen MR) is 58.0 cm³/mol. The van der Waals surface area contributed by atoms with Crippen LogP contribution < -0.4 is 5.32 Å². The molecule has 0 aliphatic heterocycles. The Morgan fingerprint density at radius 1 is 1.69 bits per heavy atom. The number of carbonyl (C=O) groups is 1. The number of carboxylic acid groups (broad SMARTS) is 1. The Bertz CT molecular complexity index is 313. The molecule has 0 bridgehead atoms. The van der Waals surface area contributed by atoms with E-state index in [9.17, 15) is 9.90 Å². The monoisotopic (exact) mass is 227 g/mol. The topological polar surface area (TPSA) is 98.2 Å². The molecule has 0 aromatic carbocycles. The van der Waals surface area contributed by atoms with Crippen LogP contribution in [0, 0.1) is 0 Å². The van der Waals surface area contributed by atoms with Gasteiger partial charge in [-0.05, 0) is 6.42 Å². The van der Waals surface area contributed by atoms with Gasteiger partial charge in [0, 0.05) is 24.9 Å². The molecule has 6 heteroatoms. The number of aliphatic carboxylic acids is 1. The summed E-state index contributed by atoms with van der Waals surface area (Å²) in [7, 11) is 0. The third-order valence-corrected chi connectivity index (χ3v) is 2.35. The van der Waals surface area contributed by atoms with Gasteiger partial charge in [0.2, 0.25) is 0 Å². The van der Waals surface area contributed by atoms with E-state index in [0.717, 1.165) is 5.69 Å². The molecule has 2 unspecified atom stereocenters. The van der Waals surface area contributed by atoms with Crippen LogP contribution in [0.15, 0.2) is 12.5 Å². The normalized spacial score (nSPS) is 14.6. The van der Waals surface area contributed by atoms with Crippen molar-refractivity contribution in [2.24, 2.45) is 0 Å². The lowest BCUT2D eigenvalue weighted by Gasteiger charge is -2.15. The summed E-state index contributed by atoms with van der Waals surface area (Å²) in [4.78, 5) is 17.6. The van der Waals surface area contributed by atoms with Gasteiger partial charge in [0.1, 0.15) is 6.04 Å². The summed E-state index contributed by atoms with van der Waals surface area (Å²) < 4.78 is 0. The minimum Gasteiger partial charge on any atom is -0.480 e. The Morgan fingerprint density at radius 3 is 2.94 bits per heavy atom. The first-order chi connectivity index (χ1) is 7.63. The standard InChI is InChI=1S/C10H17N3O3/c1-2-8(14)5-12-9(10(15)16)3-7-4-11-6-13-7/h4,6,8-9,12,14H,2-3,5H2,1H3,(H,11,13)(H,15,16). The lowest BCUT2D eigenvalue weighted by Crippen LogP contribution is -2.42. The number of aromatic amines is 1. The van der Waals surface area contributed by atoms with Crippen LogP contribution in [0.25, 0.3) is 0 Å². The molecule has 1 heterocycles. The largest absolute Gasteiger partial charge is 0.480 e. The summed E-state index contributed by atoms with van der Waals surface area (Å²) in [5.74, 6) is -0.932. The van der Waals surface area contributed by atoms with E-state index >= 15 is 0 Å². The average molecular weight is 227 g/mol. The van der Waals surface area contributed by atoms with E-state index in [1.54, 1.807) is 6.20 Å². The van der Waals surface area contributed by atoms with Crippen molar-refractivity contribution < 1.29 is 15.0 Å². The van der Waals surface area contributed by atoms with Gasteiger partial charge in [0.15, 0.2) is 0 Å². The van der Waals surface area contributed by atoms with Crippen LogP contribution in [-0.4, -0.2) is 44.8 Å². The summed E-state index contributed by atoms with van der Waals surface area (Å²) in [5.41, 5.74) is 0.755.